The molecule has 1 N–H and O–H groups in total. The molecule has 4 aliphatic rings. The first kappa shape index (κ1) is 25.5. The quantitative estimate of drug-likeness (QED) is 0.577. The number of fused-ring (bicyclic) bond motifs is 5. The van der Waals surface area contributed by atoms with E-state index in [0.717, 1.165) is 6.08 Å². The van der Waals surface area contributed by atoms with E-state index in [4.69, 9.17) is 4.74 Å². The molecule has 4 rings (SSSR count). The molecule has 0 saturated heterocycles. The maximum Gasteiger partial charge on any atom is 0.306 e. The third-order valence-electron chi connectivity index (χ3n) is 9.22. The number of hydrogen-bond acceptors (Lipinski definition) is 6. The zero-order valence-corrected chi connectivity index (χ0v) is 20.6. The van der Waals surface area contributed by atoms with Gasteiger partial charge in [-0.2, -0.15) is 0 Å². The van der Waals surface area contributed by atoms with E-state index < -0.39 is 75.0 Å². The van der Waals surface area contributed by atoms with Crippen LogP contribution in [0.5, 0.6) is 0 Å². The van der Waals surface area contributed by atoms with Gasteiger partial charge in [0.1, 0.15) is 12.2 Å². The lowest BCUT2D eigenvalue weighted by Gasteiger charge is -2.63. The molecule has 0 aromatic heterocycles. The number of ether oxygens (including phenoxy) is 1. The van der Waals surface area contributed by atoms with Crippen molar-refractivity contribution in [3.8, 4) is 0 Å². The molecule has 3 fully saturated rings. The molecule has 0 bridgehead atoms. The SMILES string of the molecule is CCC(=O)O[C@]1(C(=O)SC[18F])[C@H](C)C[C@H]2[C@@H]3C[C@H](F)C4=CC(=O)C=C[C@]4(C)[C@@]3(F)[C@@H](O)C[C@@]21C. The molecule has 0 aromatic rings. The Morgan fingerprint density at radius 2 is 1.94 bits per heavy atom. The van der Waals surface area contributed by atoms with Crippen molar-refractivity contribution in [2.24, 2.45) is 28.6 Å². The number of allylic oxidation sites excluding steroid dienone is 4. The van der Waals surface area contributed by atoms with Crippen molar-refractivity contribution in [3.05, 3.63) is 23.8 Å². The largest absolute Gasteiger partial charge is 0.449 e. The molecule has 0 aromatic carbocycles. The van der Waals surface area contributed by atoms with Crippen molar-refractivity contribution in [3.63, 3.8) is 0 Å². The first-order valence-electron chi connectivity index (χ1n) is 11.7. The molecule has 0 spiro atoms. The Balaban J connectivity index is 1.87. The van der Waals surface area contributed by atoms with Gasteiger partial charge in [0.05, 0.1) is 6.10 Å². The van der Waals surface area contributed by atoms with Crippen molar-refractivity contribution in [2.75, 3.05) is 6.01 Å². The summed E-state index contributed by atoms with van der Waals surface area (Å²) < 4.78 is 51.8. The summed E-state index contributed by atoms with van der Waals surface area (Å²) in [6.45, 7) is 6.45. The minimum absolute atomic E-state index is 0.0141. The maximum atomic E-state index is 17.2. The minimum atomic E-state index is -2.30. The van der Waals surface area contributed by atoms with Crippen molar-refractivity contribution in [2.45, 2.75) is 76.9 Å². The molecule has 9 atom stereocenters. The van der Waals surface area contributed by atoms with E-state index >= 15 is 8.78 Å². The third-order valence-corrected chi connectivity index (χ3v) is 9.90. The predicted octanol–water partition coefficient (Wildman–Crippen LogP) is 4.43. The number of thioether (sulfide) groups is 1. The Labute approximate surface area is 201 Å². The van der Waals surface area contributed by atoms with Gasteiger partial charge in [-0.1, -0.05) is 26.8 Å². The first-order chi connectivity index (χ1) is 15.8. The summed E-state index contributed by atoms with van der Waals surface area (Å²) in [4.78, 5) is 37.8. The average molecular weight is 500 g/mol. The fourth-order valence-corrected chi connectivity index (χ4v) is 8.42. The summed E-state index contributed by atoms with van der Waals surface area (Å²) >= 11 is 0.396. The summed E-state index contributed by atoms with van der Waals surface area (Å²) in [6, 6.07) is -1.02. The number of halogens is 3. The van der Waals surface area contributed by atoms with Crippen molar-refractivity contribution < 1.29 is 37.4 Å². The van der Waals surface area contributed by atoms with Crippen LogP contribution in [0.4, 0.5) is 13.2 Å². The number of esters is 1. The van der Waals surface area contributed by atoms with Gasteiger partial charge < -0.3 is 9.84 Å². The van der Waals surface area contributed by atoms with E-state index in [2.05, 4.69) is 0 Å². The Hall–Kier alpha value is -1.61. The Kier molecular flexibility index (Phi) is 6.16. The zero-order valence-electron chi connectivity index (χ0n) is 19.8. The van der Waals surface area contributed by atoms with E-state index in [1.807, 2.05) is 0 Å². The summed E-state index contributed by atoms with van der Waals surface area (Å²) in [7, 11) is 0. The van der Waals surface area contributed by atoms with Crippen LogP contribution in [0.3, 0.4) is 0 Å². The summed E-state index contributed by atoms with van der Waals surface area (Å²) in [5.41, 5.74) is -6.84. The number of rotatable bonds is 4. The maximum absolute atomic E-state index is 17.2. The predicted molar refractivity (Wildman–Crippen MR) is 121 cm³/mol. The van der Waals surface area contributed by atoms with E-state index in [1.165, 1.54) is 19.1 Å². The van der Waals surface area contributed by atoms with Crippen LogP contribution in [0.2, 0.25) is 0 Å². The molecule has 0 aliphatic heterocycles. The minimum Gasteiger partial charge on any atom is -0.449 e. The van der Waals surface area contributed by atoms with Gasteiger partial charge in [-0.15, -0.1) is 0 Å². The second kappa shape index (κ2) is 8.22. The number of aliphatic hydroxyl groups is 1. The molecule has 3 saturated carbocycles. The molecule has 0 amide bonds. The molecule has 4 aliphatic carbocycles. The van der Waals surface area contributed by atoms with Gasteiger partial charge >= 0.3 is 5.97 Å². The highest BCUT2D eigenvalue weighted by atomic mass is 32.2. The van der Waals surface area contributed by atoms with Crippen LogP contribution in [0.15, 0.2) is 23.8 Å². The standard InChI is InChI=1S/C25H31F3O5S/c1-5-20(31)33-25(21(32)34-12-26)13(2)8-15-16-10-18(27)17-9-14(29)6-7-22(17,3)24(16,28)19(30)11-23(15,25)4/h6-7,9,13,15-16,18-19,30H,5,8,10-12H2,1-4H3/t13-,15+,16+,18+,19+,22+,23+,24+,25+/m1/s1/i26-1. The Morgan fingerprint density at radius 3 is 2.56 bits per heavy atom. The summed E-state index contributed by atoms with van der Waals surface area (Å²) in [6.07, 6.45) is 0.160. The number of carbonyl (C=O) groups is 3. The number of alkyl halides is 3. The first-order valence-corrected chi connectivity index (χ1v) is 12.7. The molecular formula is C25H31F3O5S. The molecule has 0 heterocycles. The second-order valence-corrected chi connectivity index (χ2v) is 11.5. The lowest BCUT2D eigenvalue weighted by atomic mass is 9.44. The van der Waals surface area contributed by atoms with Crippen molar-refractivity contribution >= 4 is 28.6 Å². The fourth-order valence-electron chi connectivity index (χ4n) is 7.63. The Morgan fingerprint density at radius 1 is 1.26 bits per heavy atom. The highest BCUT2D eigenvalue weighted by Crippen LogP contribution is 2.72. The van der Waals surface area contributed by atoms with Crippen LogP contribution in [0.1, 0.15) is 53.4 Å². The van der Waals surface area contributed by atoms with E-state index in [9.17, 15) is 23.9 Å². The number of ketones is 1. The lowest BCUT2D eigenvalue weighted by molar-refractivity contribution is -0.228. The summed E-state index contributed by atoms with van der Waals surface area (Å²) in [5.74, 6) is -3.30. The van der Waals surface area contributed by atoms with Crippen LogP contribution < -0.4 is 0 Å². The second-order valence-electron chi connectivity index (χ2n) is 10.6. The molecule has 0 unspecified atom stereocenters. The lowest BCUT2D eigenvalue weighted by Crippen LogP contribution is -2.70. The molecule has 34 heavy (non-hydrogen) atoms. The number of aliphatic hydroxyl groups excluding tert-OH is 1. The molecular weight excluding hydrogens is 468 g/mol. The van der Waals surface area contributed by atoms with Crippen LogP contribution in [0.25, 0.3) is 0 Å². The topological polar surface area (TPSA) is 80.7 Å². The van der Waals surface area contributed by atoms with Gasteiger partial charge in [0.25, 0.3) is 0 Å². The highest BCUT2D eigenvalue weighted by Gasteiger charge is 2.78. The van der Waals surface area contributed by atoms with Gasteiger partial charge in [-0.3, -0.25) is 14.4 Å². The molecule has 5 nitrogen and oxygen atoms in total. The molecule has 0 radical (unpaired) electrons. The third kappa shape index (κ3) is 3.01. The molecule has 188 valence electrons. The Bertz CT molecular complexity index is 984. The smallest absolute Gasteiger partial charge is 0.306 e. The fraction of sp³-hybridized carbons (Fsp3) is 0.720. The van der Waals surface area contributed by atoms with Crippen LogP contribution in [-0.4, -0.2) is 51.5 Å². The highest BCUT2D eigenvalue weighted by molar-refractivity contribution is 8.13. The van der Waals surface area contributed by atoms with Gasteiger partial charge in [0.15, 0.2) is 17.1 Å². The van der Waals surface area contributed by atoms with Crippen molar-refractivity contribution in [1.29, 1.82) is 0 Å². The molecule has 9 heteroatoms. The summed E-state index contributed by atoms with van der Waals surface area (Å²) in [5, 5.41) is 10.7. The monoisotopic (exact) mass is 499 g/mol. The van der Waals surface area contributed by atoms with E-state index in [-0.39, 0.29) is 31.3 Å². The van der Waals surface area contributed by atoms with Gasteiger partial charge in [-0.25, -0.2) is 13.2 Å². The van der Waals surface area contributed by atoms with Crippen LogP contribution >= 0.6 is 11.8 Å². The van der Waals surface area contributed by atoms with Gasteiger partial charge in [0, 0.05) is 29.1 Å². The van der Waals surface area contributed by atoms with Crippen LogP contribution in [-0.2, 0) is 19.1 Å². The normalized spacial score (nSPS) is 47.4. The number of carbonyl (C=O) groups excluding carboxylic acids is 3. The van der Waals surface area contributed by atoms with Crippen LogP contribution in [0, 0.1) is 28.6 Å². The van der Waals surface area contributed by atoms with Crippen molar-refractivity contribution in [1.82, 2.24) is 0 Å². The van der Waals surface area contributed by atoms with Gasteiger partial charge in [0.2, 0.25) is 5.12 Å². The number of hydrogen-bond donors (Lipinski definition) is 1. The van der Waals surface area contributed by atoms with E-state index in [0.29, 0.717) is 11.8 Å². The van der Waals surface area contributed by atoms with Gasteiger partial charge in [-0.05, 0) is 61.6 Å². The average Bonchev–Trinajstić information content (AvgIpc) is 2.99. The zero-order chi connectivity index (χ0) is 25.3. The van der Waals surface area contributed by atoms with E-state index in [1.54, 1.807) is 20.8 Å².